The number of amides is 1. The first-order chi connectivity index (χ1) is 33.9. The monoisotopic (exact) mass is 1000 g/mol. The molecular weight excluding hydrogens is 892 g/mol. The van der Waals surface area contributed by atoms with Crippen LogP contribution < -0.4 is 5.32 Å². The fraction of sp³-hybridized carbons (Fsp3) is 0.800. The topological polar surface area (TPSA) is 111 Å². The maximum Gasteiger partial charge on any atom is 0.472 e. The lowest BCUT2D eigenvalue weighted by Gasteiger charge is -2.27. The second-order valence-corrected chi connectivity index (χ2v) is 22.2. The summed E-state index contributed by atoms with van der Waals surface area (Å²) >= 11 is 0. The molecule has 10 heteroatoms. The third-order valence-corrected chi connectivity index (χ3v) is 13.7. The number of nitrogens with one attached hydrogen (secondary N) is 1. The molecule has 0 saturated heterocycles. The standard InChI is InChI=1S/C60H111N2O7P/c1-7-10-13-16-19-22-25-27-29-30-31-32-33-35-38-41-44-47-50-53-60(64)69-58(51-48-45-42-39-36-24-21-18-15-12-9-3)57(56-68-70(65,66)67-55-54-62(4,5)6)61-59(63)52-49-46-43-40-37-34-28-26-23-20-17-14-11-8-2/h11,14,20,23,27-29,34,48,51,57-58H,7-10,12-13,15-19,21-22,24-26,30-33,35-47,49-50,52-56H2,1-6H3,(H-,61,63,65,66)/p+1/b14-11+,23-20+,29-27+,34-28+,51-48+. The molecule has 0 rings (SSSR count). The maximum atomic E-state index is 13.5. The summed E-state index contributed by atoms with van der Waals surface area (Å²) in [4.78, 5) is 37.6. The highest BCUT2D eigenvalue weighted by Gasteiger charge is 2.30. The smallest absolute Gasteiger partial charge is 0.456 e. The Hall–Kier alpha value is -2.29. The minimum absolute atomic E-state index is 0.0341. The number of esters is 1. The number of hydrogen-bond acceptors (Lipinski definition) is 6. The van der Waals surface area contributed by atoms with Crippen molar-refractivity contribution in [3.63, 3.8) is 0 Å². The number of quaternary nitrogens is 1. The molecule has 3 atom stereocenters. The number of phosphoric ester groups is 1. The van der Waals surface area contributed by atoms with Crippen molar-refractivity contribution in [1.29, 1.82) is 0 Å². The summed E-state index contributed by atoms with van der Waals surface area (Å²) in [6.07, 6.45) is 62.2. The van der Waals surface area contributed by atoms with Crippen LogP contribution in [0.5, 0.6) is 0 Å². The molecule has 2 N–H and O–H groups in total. The number of allylic oxidation sites excluding steroid dienone is 9. The average molecular weight is 1000 g/mol. The molecule has 0 aliphatic carbocycles. The number of likely N-dealkylation sites (N-methyl/N-ethyl adjacent to an activating group) is 1. The molecule has 0 spiro atoms. The SMILES string of the molecule is CC/C=C/C/C=C/C/C=C/CCCCCCC(=O)NC(COP(=O)(O)OCC[N+](C)(C)C)C(/C=C/CCCCCCCCCCC)OC(=O)CCCCCCCCCCC/C=C/CCCCCCCC. The van der Waals surface area contributed by atoms with Crippen LogP contribution in [0.4, 0.5) is 0 Å². The Balaban J connectivity index is 5.29. The zero-order valence-corrected chi connectivity index (χ0v) is 47.4. The molecule has 0 bridgehead atoms. The lowest BCUT2D eigenvalue weighted by molar-refractivity contribution is -0.870. The normalized spacial score (nSPS) is 14.2. The maximum absolute atomic E-state index is 13.5. The van der Waals surface area contributed by atoms with Crippen LogP contribution in [0, 0.1) is 0 Å². The zero-order valence-electron chi connectivity index (χ0n) is 46.5. The first-order valence-electron chi connectivity index (χ1n) is 29.1. The second-order valence-electron chi connectivity index (χ2n) is 20.8. The fourth-order valence-electron chi connectivity index (χ4n) is 8.18. The lowest BCUT2D eigenvalue weighted by atomic mass is 10.0. The highest BCUT2D eigenvalue weighted by Crippen LogP contribution is 2.43. The fourth-order valence-corrected chi connectivity index (χ4v) is 8.92. The summed E-state index contributed by atoms with van der Waals surface area (Å²) in [5, 5.41) is 3.03. The van der Waals surface area contributed by atoms with E-state index < -0.39 is 20.0 Å². The van der Waals surface area contributed by atoms with Crippen LogP contribution in [0.25, 0.3) is 0 Å². The molecule has 0 aliphatic heterocycles. The molecule has 1 amide bonds. The van der Waals surface area contributed by atoms with Gasteiger partial charge in [-0.05, 0) is 89.5 Å². The van der Waals surface area contributed by atoms with E-state index in [0.29, 0.717) is 17.4 Å². The van der Waals surface area contributed by atoms with Crippen molar-refractivity contribution in [1.82, 2.24) is 5.32 Å². The number of unbranched alkanes of at least 4 members (excludes halogenated alkanes) is 28. The zero-order chi connectivity index (χ0) is 51.5. The Morgan fingerprint density at radius 1 is 0.514 bits per heavy atom. The van der Waals surface area contributed by atoms with E-state index in [0.717, 1.165) is 89.9 Å². The van der Waals surface area contributed by atoms with Gasteiger partial charge in [0.15, 0.2) is 0 Å². The minimum atomic E-state index is -4.45. The summed E-state index contributed by atoms with van der Waals surface area (Å²) in [5.74, 6) is -0.532. The molecule has 0 aliphatic rings. The van der Waals surface area contributed by atoms with Gasteiger partial charge in [-0.1, -0.05) is 217 Å². The molecule has 0 heterocycles. The number of ether oxygens (including phenoxy) is 1. The highest BCUT2D eigenvalue weighted by atomic mass is 31.2. The first-order valence-corrected chi connectivity index (χ1v) is 30.6. The van der Waals surface area contributed by atoms with Crippen LogP contribution in [0.1, 0.15) is 258 Å². The first kappa shape index (κ1) is 67.7. The van der Waals surface area contributed by atoms with Crippen LogP contribution in [0.15, 0.2) is 60.8 Å². The van der Waals surface area contributed by atoms with Crippen molar-refractivity contribution < 1.29 is 37.3 Å². The van der Waals surface area contributed by atoms with Crippen LogP contribution in [0.3, 0.4) is 0 Å². The van der Waals surface area contributed by atoms with Gasteiger partial charge in [0.2, 0.25) is 5.91 Å². The predicted molar refractivity (Wildman–Crippen MR) is 300 cm³/mol. The molecule has 0 saturated carbocycles. The van der Waals surface area contributed by atoms with E-state index in [1.54, 1.807) is 0 Å². The molecule has 0 aromatic carbocycles. The molecule has 3 unspecified atom stereocenters. The predicted octanol–water partition coefficient (Wildman–Crippen LogP) is 17.5. The van der Waals surface area contributed by atoms with E-state index >= 15 is 0 Å². The molecular formula is C60H112N2O7P+. The number of nitrogens with zero attached hydrogens (tertiary/aromatic N) is 1. The van der Waals surface area contributed by atoms with E-state index in [1.807, 2.05) is 33.3 Å². The van der Waals surface area contributed by atoms with Crippen LogP contribution >= 0.6 is 7.82 Å². The van der Waals surface area contributed by atoms with Gasteiger partial charge in [0, 0.05) is 12.8 Å². The highest BCUT2D eigenvalue weighted by molar-refractivity contribution is 7.47. The van der Waals surface area contributed by atoms with Crippen molar-refractivity contribution in [3.8, 4) is 0 Å². The lowest BCUT2D eigenvalue weighted by Crippen LogP contribution is -2.47. The minimum Gasteiger partial charge on any atom is -0.456 e. The number of phosphoric acid groups is 1. The Morgan fingerprint density at radius 3 is 1.39 bits per heavy atom. The van der Waals surface area contributed by atoms with Gasteiger partial charge >= 0.3 is 13.8 Å². The van der Waals surface area contributed by atoms with Crippen LogP contribution in [-0.2, 0) is 27.9 Å². The van der Waals surface area contributed by atoms with E-state index in [1.165, 1.54) is 135 Å². The van der Waals surface area contributed by atoms with Gasteiger partial charge in [-0.15, -0.1) is 0 Å². The third kappa shape index (κ3) is 50.6. The van der Waals surface area contributed by atoms with Gasteiger partial charge in [0.25, 0.3) is 0 Å². The van der Waals surface area contributed by atoms with Crippen molar-refractivity contribution in [2.75, 3.05) is 40.9 Å². The van der Waals surface area contributed by atoms with Crippen molar-refractivity contribution >= 4 is 19.7 Å². The second kappa shape index (κ2) is 50.3. The van der Waals surface area contributed by atoms with Gasteiger partial charge in [-0.25, -0.2) is 4.57 Å². The molecule has 0 fully saturated rings. The van der Waals surface area contributed by atoms with Crippen molar-refractivity contribution in [2.24, 2.45) is 0 Å². The van der Waals surface area contributed by atoms with E-state index in [-0.39, 0.29) is 31.5 Å². The summed E-state index contributed by atoms with van der Waals surface area (Å²) < 4.78 is 30.6. The molecule has 0 radical (unpaired) electrons. The Morgan fingerprint density at radius 2 is 0.914 bits per heavy atom. The molecule has 70 heavy (non-hydrogen) atoms. The Kier molecular flexibility index (Phi) is 48.6. The van der Waals surface area contributed by atoms with E-state index in [2.05, 4.69) is 74.7 Å². The average Bonchev–Trinajstić information content (AvgIpc) is 3.32. The molecule has 0 aromatic heterocycles. The number of carbonyl (C=O) groups is 2. The van der Waals surface area contributed by atoms with E-state index in [9.17, 15) is 19.0 Å². The molecule has 0 aromatic rings. The van der Waals surface area contributed by atoms with Gasteiger partial charge < -0.3 is 19.4 Å². The summed E-state index contributed by atoms with van der Waals surface area (Å²) in [7, 11) is 1.48. The van der Waals surface area contributed by atoms with Crippen LogP contribution in [0.2, 0.25) is 0 Å². The summed E-state index contributed by atoms with van der Waals surface area (Å²) in [6, 6.07) is -0.860. The quantitative estimate of drug-likeness (QED) is 0.0205. The largest absolute Gasteiger partial charge is 0.472 e. The molecule has 408 valence electrons. The van der Waals surface area contributed by atoms with Gasteiger partial charge in [-0.3, -0.25) is 18.6 Å². The van der Waals surface area contributed by atoms with E-state index in [4.69, 9.17) is 13.8 Å². The Bertz CT molecular complexity index is 1390. The summed E-state index contributed by atoms with van der Waals surface area (Å²) in [6.45, 7) is 6.87. The van der Waals surface area contributed by atoms with Crippen molar-refractivity contribution in [3.05, 3.63) is 60.8 Å². The number of rotatable bonds is 52. The van der Waals surface area contributed by atoms with Gasteiger partial charge in [0.05, 0.1) is 33.8 Å². The summed E-state index contributed by atoms with van der Waals surface area (Å²) in [5.41, 5.74) is 0. The van der Waals surface area contributed by atoms with Crippen LogP contribution in [-0.4, -0.2) is 74.3 Å². The van der Waals surface area contributed by atoms with Gasteiger partial charge in [0.1, 0.15) is 19.3 Å². The number of carbonyl (C=O) groups excluding carboxylic acids is 2. The van der Waals surface area contributed by atoms with Gasteiger partial charge in [-0.2, -0.15) is 0 Å². The van der Waals surface area contributed by atoms with Crippen molar-refractivity contribution in [2.45, 2.75) is 270 Å². The molecule has 9 nitrogen and oxygen atoms in total. The third-order valence-electron chi connectivity index (χ3n) is 12.7. The Labute approximate surface area is 432 Å². The number of hydrogen-bond donors (Lipinski definition) is 2.